The number of carbonyl (C=O) groups is 2. The van der Waals surface area contributed by atoms with Crippen molar-refractivity contribution in [2.24, 2.45) is 0 Å². The quantitative estimate of drug-likeness (QED) is 0.656. The maximum Gasteiger partial charge on any atom is 0.254 e. The molecule has 3 atom stereocenters. The van der Waals surface area contributed by atoms with E-state index in [2.05, 4.69) is 33.5 Å². The van der Waals surface area contributed by atoms with Crippen LogP contribution in [0.5, 0.6) is 0 Å². The van der Waals surface area contributed by atoms with Crippen LogP contribution in [0.25, 0.3) is 0 Å². The van der Waals surface area contributed by atoms with E-state index in [4.69, 9.17) is 0 Å². The standard InChI is InChI=1S/C27H35N3O2S/c1-19-9-6-7-16-29(19)17-15-28-26(31)24-21-12-4-5-13-22(21)27(32)30(20-10-2-3-11-20)25(24)23-14-8-18-33-23/h4-5,8,12-14,18-20,24-25H,2-3,6-7,9-11,15-17H2,1H3,(H,28,31)/t19-,24+,25+/m1/s1. The molecule has 1 aromatic heterocycles. The van der Waals surface area contributed by atoms with E-state index < -0.39 is 0 Å². The van der Waals surface area contributed by atoms with Gasteiger partial charge in [-0.05, 0) is 62.2 Å². The van der Waals surface area contributed by atoms with E-state index in [0.29, 0.717) is 18.2 Å². The van der Waals surface area contributed by atoms with Gasteiger partial charge in [0.15, 0.2) is 0 Å². The lowest BCUT2D eigenvalue weighted by molar-refractivity contribution is -0.124. The number of hydrogen-bond donors (Lipinski definition) is 1. The molecule has 2 aromatic rings. The highest BCUT2D eigenvalue weighted by molar-refractivity contribution is 7.10. The number of rotatable bonds is 6. The van der Waals surface area contributed by atoms with Crippen LogP contribution < -0.4 is 5.32 Å². The molecule has 1 aromatic carbocycles. The van der Waals surface area contributed by atoms with Crippen molar-refractivity contribution >= 4 is 23.2 Å². The molecule has 176 valence electrons. The van der Waals surface area contributed by atoms with Crippen molar-refractivity contribution in [2.45, 2.75) is 75.9 Å². The number of hydrogen-bond acceptors (Lipinski definition) is 4. The van der Waals surface area contributed by atoms with E-state index in [1.165, 1.54) is 19.3 Å². The highest BCUT2D eigenvalue weighted by Gasteiger charge is 2.47. The van der Waals surface area contributed by atoms with Crippen molar-refractivity contribution < 1.29 is 9.59 Å². The predicted molar refractivity (Wildman–Crippen MR) is 133 cm³/mol. The largest absolute Gasteiger partial charge is 0.354 e. The first-order chi connectivity index (χ1) is 16.1. The van der Waals surface area contributed by atoms with Gasteiger partial charge in [-0.3, -0.25) is 14.5 Å². The summed E-state index contributed by atoms with van der Waals surface area (Å²) in [6.07, 6.45) is 8.14. The van der Waals surface area contributed by atoms with E-state index in [9.17, 15) is 9.59 Å². The van der Waals surface area contributed by atoms with Gasteiger partial charge in [0.1, 0.15) is 0 Å². The number of amides is 2. The van der Waals surface area contributed by atoms with E-state index >= 15 is 0 Å². The van der Waals surface area contributed by atoms with Crippen molar-refractivity contribution in [2.75, 3.05) is 19.6 Å². The van der Waals surface area contributed by atoms with Gasteiger partial charge in [0, 0.05) is 35.6 Å². The fourth-order valence-corrected chi connectivity index (χ4v) is 6.96. The van der Waals surface area contributed by atoms with E-state index in [0.717, 1.165) is 49.2 Å². The number of nitrogens with one attached hydrogen (secondary N) is 1. The Hall–Kier alpha value is -2.18. The summed E-state index contributed by atoms with van der Waals surface area (Å²) >= 11 is 1.65. The molecule has 0 radical (unpaired) electrons. The molecule has 2 amide bonds. The average molecular weight is 466 g/mol. The van der Waals surface area contributed by atoms with Crippen molar-refractivity contribution in [3.8, 4) is 0 Å². The number of piperidine rings is 1. The Morgan fingerprint density at radius 3 is 2.61 bits per heavy atom. The predicted octanol–water partition coefficient (Wildman–Crippen LogP) is 4.96. The fraction of sp³-hybridized carbons (Fsp3) is 0.556. The first kappa shape index (κ1) is 22.6. The Kier molecular flexibility index (Phi) is 6.84. The van der Waals surface area contributed by atoms with Gasteiger partial charge in [0.05, 0.1) is 12.0 Å². The number of nitrogens with zero attached hydrogens (tertiary/aromatic N) is 2. The molecule has 1 saturated heterocycles. The summed E-state index contributed by atoms with van der Waals surface area (Å²) in [5.74, 6) is -0.250. The van der Waals surface area contributed by atoms with Gasteiger partial charge in [-0.1, -0.05) is 43.5 Å². The van der Waals surface area contributed by atoms with Crippen LogP contribution in [0.1, 0.15) is 84.6 Å². The second kappa shape index (κ2) is 9.98. The number of thiophene rings is 1. The molecule has 2 aliphatic heterocycles. The van der Waals surface area contributed by atoms with Crippen LogP contribution in [0, 0.1) is 0 Å². The molecule has 5 rings (SSSR count). The molecule has 3 heterocycles. The van der Waals surface area contributed by atoms with Gasteiger partial charge in [-0.15, -0.1) is 11.3 Å². The molecule has 1 N–H and O–H groups in total. The van der Waals surface area contributed by atoms with Crippen molar-refractivity contribution in [3.63, 3.8) is 0 Å². The van der Waals surface area contributed by atoms with Crippen LogP contribution in [-0.4, -0.2) is 53.3 Å². The molecule has 0 bridgehead atoms. The SMILES string of the molecule is C[C@@H]1CCCCN1CCNC(=O)[C@H]1c2ccccc2C(=O)N(C2CCCC2)[C@H]1c1cccs1. The Morgan fingerprint density at radius 2 is 1.85 bits per heavy atom. The maximum atomic E-state index is 13.8. The smallest absolute Gasteiger partial charge is 0.254 e. The molecule has 1 aliphatic carbocycles. The summed E-state index contributed by atoms with van der Waals surface area (Å²) in [6, 6.07) is 12.4. The normalized spacial score (nSPS) is 26.4. The number of fused-ring (bicyclic) bond motifs is 1. The molecule has 0 spiro atoms. The fourth-order valence-electron chi connectivity index (χ4n) is 6.10. The van der Waals surface area contributed by atoms with Gasteiger partial charge in [-0.2, -0.15) is 0 Å². The summed E-state index contributed by atoms with van der Waals surface area (Å²) < 4.78 is 0. The summed E-state index contributed by atoms with van der Waals surface area (Å²) in [5.41, 5.74) is 1.57. The lowest BCUT2D eigenvalue weighted by atomic mass is 9.80. The maximum absolute atomic E-state index is 13.8. The van der Waals surface area contributed by atoms with Crippen molar-refractivity contribution in [1.82, 2.24) is 15.1 Å². The summed E-state index contributed by atoms with van der Waals surface area (Å²) in [6.45, 7) is 4.94. The number of likely N-dealkylation sites (tertiary alicyclic amines) is 1. The zero-order valence-electron chi connectivity index (χ0n) is 19.5. The van der Waals surface area contributed by atoms with Crippen LogP contribution in [0.2, 0.25) is 0 Å². The zero-order chi connectivity index (χ0) is 22.8. The molecule has 0 unspecified atom stereocenters. The molecule has 3 aliphatic rings. The second-order valence-electron chi connectivity index (χ2n) is 9.85. The van der Waals surface area contributed by atoms with Crippen molar-refractivity contribution in [3.05, 3.63) is 57.8 Å². The third-order valence-electron chi connectivity index (χ3n) is 7.85. The minimum Gasteiger partial charge on any atom is -0.354 e. The Labute approximate surface area is 201 Å². The van der Waals surface area contributed by atoms with Crippen LogP contribution in [0.3, 0.4) is 0 Å². The topological polar surface area (TPSA) is 52.7 Å². The second-order valence-corrected chi connectivity index (χ2v) is 10.8. The molecular weight excluding hydrogens is 430 g/mol. The molecule has 1 saturated carbocycles. The van der Waals surface area contributed by atoms with E-state index in [-0.39, 0.29) is 29.8 Å². The highest BCUT2D eigenvalue weighted by Crippen LogP contribution is 2.47. The first-order valence-corrected chi connectivity index (χ1v) is 13.5. The highest BCUT2D eigenvalue weighted by atomic mass is 32.1. The Bertz CT molecular complexity index is 970. The third kappa shape index (κ3) is 4.47. The van der Waals surface area contributed by atoms with Crippen molar-refractivity contribution in [1.29, 1.82) is 0 Å². The van der Waals surface area contributed by atoms with Gasteiger partial charge in [0.2, 0.25) is 5.91 Å². The van der Waals surface area contributed by atoms with E-state index in [1.807, 2.05) is 30.3 Å². The lowest BCUT2D eigenvalue weighted by Crippen LogP contribution is -2.51. The number of benzene rings is 1. The van der Waals surface area contributed by atoms with Gasteiger partial charge >= 0.3 is 0 Å². The van der Waals surface area contributed by atoms with Gasteiger partial charge in [-0.25, -0.2) is 0 Å². The van der Waals surface area contributed by atoms with Crippen LogP contribution >= 0.6 is 11.3 Å². The summed E-state index contributed by atoms with van der Waals surface area (Å²) in [4.78, 5) is 33.2. The molecule has 5 nitrogen and oxygen atoms in total. The van der Waals surface area contributed by atoms with Crippen LogP contribution in [-0.2, 0) is 4.79 Å². The first-order valence-electron chi connectivity index (χ1n) is 12.6. The van der Waals surface area contributed by atoms with Gasteiger partial charge in [0.25, 0.3) is 5.91 Å². The van der Waals surface area contributed by atoms with Crippen LogP contribution in [0.15, 0.2) is 41.8 Å². The Morgan fingerprint density at radius 1 is 1.06 bits per heavy atom. The zero-order valence-corrected chi connectivity index (χ0v) is 20.4. The lowest BCUT2D eigenvalue weighted by Gasteiger charge is -2.44. The molecule has 33 heavy (non-hydrogen) atoms. The monoisotopic (exact) mass is 465 g/mol. The van der Waals surface area contributed by atoms with Gasteiger partial charge < -0.3 is 10.2 Å². The molecule has 6 heteroatoms. The van der Waals surface area contributed by atoms with E-state index in [1.54, 1.807) is 11.3 Å². The Balaban J connectivity index is 1.44. The minimum absolute atomic E-state index is 0.0426. The third-order valence-corrected chi connectivity index (χ3v) is 8.79. The van der Waals surface area contributed by atoms with Crippen LogP contribution in [0.4, 0.5) is 0 Å². The average Bonchev–Trinajstić information content (AvgIpc) is 3.55. The minimum atomic E-state index is -0.378. The molecular formula is C27H35N3O2S. The summed E-state index contributed by atoms with van der Waals surface area (Å²) in [7, 11) is 0. The summed E-state index contributed by atoms with van der Waals surface area (Å²) in [5, 5.41) is 5.32. The number of carbonyl (C=O) groups excluding carboxylic acids is 2. The molecule has 2 fully saturated rings.